The molecule has 0 unspecified atom stereocenters. The Balaban J connectivity index is 1.80. The molecule has 1 N–H and O–H groups in total. The Bertz CT molecular complexity index is 845. The van der Waals surface area contributed by atoms with Gasteiger partial charge in [0.05, 0.1) is 6.20 Å². The van der Waals surface area contributed by atoms with Gasteiger partial charge in [-0.25, -0.2) is 4.98 Å². The predicted molar refractivity (Wildman–Crippen MR) is 103 cm³/mol. The number of benzene rings is 1. The molecule has 0 saturated heterocycles. The van der Waals surface area contributed by atoms with E-state index in [9.17, 15) is 0 Å². The maximum absolute atomic E-state index is 4.93. The van der Waals surface area contributed by atoms with Gasteiger partial charge in [-0.2, -0.15) is 9.61 Å². The van der Waals surface area contributed by atoms with Crippen molar-refractivity contribution in [2.45, 2.75) is 57.9 Å². The lowest BCUT2D eigenvalue weighted by Gasteiger charge is -2.24. The van der Waals surface area contributed by atoms with E-state index in [1.165, 1.54) is 32.1 Å². The van der Waals surface area contributed by atoms with Crippen LogP contribution in [-0.4, -0.2) is 20.6 Å². The first-order chi connectivity index (χ1) is 12.2. The minimum absolute atomic E-state index is 0.385. The number of anilines is 1. The first-order valence-corrected chi connectivity index (χ1v) is 9.43. The van der Waals surface area contributed by atoms with Crippen molar-refractivity contribution < 1.29 is 0 Å². The van der Waals surface area contributed by atoms with Gasteiger partial charge in [-0.15, -0.1) is 0 Å². The molecule has 0 spiro atoms. The van der Waals surface area contributed by atoms with E-state index < -0.39 is 0 Å². The van der Waals surface area contributed by atoms with Crippen LogP contribution in [0.5, 0.6) is 0 Å². The van der Waals surface area contributed by atoms with Gasteiger partial charge in [0.15, 0.2) is 5.65 Å². The first-order valence-electron chi connectivity index (χ1n) is 9.43. The molecule has 1 saturated carbocycles. The Kier molecular flexibility index (Phi) is 4.43. The molecule has 4 heteroatoms. The lowest BCUT2D eigenvalue weighted by molar-refractivity contribution is 0.461. The number of hydrogen-bond acceptors (Lipinski definition) is 3. The topological polar surface area (TPSA) is 42.2 Å². The Morgan fingerprint density at radius 3 is 2.56 bits per heavy atom. The van der Waals surface area contributed by atoms with Crippen LogP contribution in [-0.2, 0) is 0 Å². The molecule has 0 atom stereocenters. The molecule has 0 radical (unpaired) electrons. The van der Waals surface area contributed by atoms with E-state index in [1.54, 1.807) is 0 Å². The summed E-state index contributed by atoms with van der Waals surface area (Å²) in [4.78, 5) is 4.93. The van der Waals surface area contributed by atoms with Crippen LogP contribution >= 0.6 is 0 Å². The van der Waals surface area contributed by atoms with E-state index in [-0.39, 0.29) is 0 Å². The second-order valence-corrected chi connectivity index (χ2v) is 7.36. The van der Waals surface area contributed by atoms with Crippen LogP contribution in [0.3, 0.4) is 0 Å². The lowest BCUT2D eigenvalue weighted by atomic mass is 9.95. The number of nitrogens with zero attached hydrogens (tertiary/aromatic N) is 3. The normalized spacial score (nSPS) is 15.8. The van der Waals surface area contributed by atoms with Gasteiger partial charge >= 0.3 is 0 Å². The molecule has 3 aromatic rings. The zero-order chi connectivity index (χ0) is 17.2. The van der Waals surface area contributed by atoms with Crippen molar-refractivity contribution in [3.8, 4) is 11.1 Å². The van der Waals surface area contributed by atoms with Crippen molar-refractivity contribution in [3.63, 3.8) is 0 Å². The largest absolute Gasteiger partial charge is 0.367 e. The van der Waals surface area contributed by atoms with Gasteiger partial charge in [0, 0.05) is 23.4 Å². The number of rotatable bonds is 4. The van der Waals surface area contributed by atoms with Crippen LogP contribution < -0.4 is 5.32 Å². The molecular weight excluding hydrogens is 308 g/mol. The monoisotopic (exact) mass is 334 g/mol. The maximum Gasteiger partial charge on any atom is 0.165 e. The molecule has 1 aromatic carbocycles. The lowest BCUT2D eigenvalue weighted by Crippen LogP contribution is -2.24. The molecule has 4 rings (SSSR count). The van der Waals surface area contributed by atoms with Crippen LogP contribution in [0.4, 0.5) is 5.82 Å². The van der Waals surface area contributed by atoms with E-state index >= 15 is 0 Å². The zero-order valence-corrected chi connectivity index (χ0v) is 15.1. The molecule has 1 aliphatic carbocycles. The Morgan fingerprint density at radius 2 is 1.84 bits per heavy atom. The first kappa shape index (κ1) is 16.1. The second kappa shape index (κ2) is 6.87. The molecule has 1 aliphatic rings. The highest BCUT2D eigenvalue weighted by molar-refractivity contribution is 5.78. The van der Waals surface area contributed by atoms with Gasteiger partial charge in [-0.05, 0) is 24.3 Å². The summed E-state index contributed by atoms with van der Waals surface area (Å²) in [5.41, 5.74) is 4.31. The van der Waals surface area contributed by atoms with Crippen LogP contribution in [0, 0.1) is 0 Å². The highest BCUT2D eigenvalue weighted by Crippen LogP contribution is 2.29. The summed E-state index contributed by atoms with van der Waals surface area (Å²) in [7, 11) is 0. The van der Waals surface area contributed by atoms with Crippen molar-refractivity contribution in [1.29, 1.82) is 0 Å². The fraction of sp³-hybridized carbons (Fsp3) is 0.429. The van der Waals surface area contributed by atoms with E-state index in [1.807, 2.05) is 16.8 Å². The summed E-state index contributed by atoms with van der Waals surface area (Å²) in [6.07, 6.45) is 8.42. The van der Waals surface area contributed by atoms with Crippen molar-refractivity contribution >= 4 is 11.5 Å². The molecule has 0 amide bonds. The van der Waals surface area contributed by atoms with Crippen LogP contribution in [0.1, 0.15) is 57.6 Å². The molecule has 2 aromatic heterocycles. The highest BCUT2D eigenvalue weighted by atomic mass is 15.3. The van der Waals surface area contributed by atoms with Gasteiger partial charge in [-0.3, -0.25) is 0 Å². The van der Waals surface area contributed by atoms with Crippen molar-refractivity contribution in [3.05, 3.63) is 48.3 Å². The van der Waals surface area contributed by atoms with E-state index in [2.05, 4.69) is 54.6 Å². The van der Waals surface area contributed by atoms with Gasteiger partial charge in [0.1, 0.15) is 5.82 Å². The molecule has 0 bridgehead atoms. The van der Waals surface area contributed by atoms with E-state index in [0.717, 1.165) is 28.3 Å². The smallest absolute Gasteiger partial charge is 0.165 e. The summed E-state index contributed by atoms with van der Waals surface area (Å²) in [5, 5.41) is 8.40. The third-order valence-electron chi connectivity index (χ3n) is 5.13. The molecular formula is C21H26N4. The zero-order valence-electron chi connectivity index (χ0n) is 15.1. The average Bonchev–Trinajstić information content (AvgIpc) is 3.07. The van der Waals surface area contributed by atoms with E-state index in [4.69, 9.17) is 4.98 Å². The van der Waals surface area contributed by atoms with Gasteiger partial charge in [0.2, 0.25) is 0 Å². The average molecular weight is 334 g/mol. The quantitative estimate of drug-likeness (QED) is 0.707. The van der Waals surface area contributed by atoms with Gasteiger partial charge < -0.3 is 5.32 Å². The third kappa shape index (κ3) is 3.26. The number of nitrogens with one attached hydrogen (secondary N) is 1. The summed E-state index contributed by atoms with van der Waals surface area (Å²) in [6, 6.07) is 13.1. The molecule has 25 heavy (non-hydrogen) atoms. The summed E-state index contributed by atoms with van der Waals surface area (Å²) in [5.74, 6) is 1.46. The molecule has 2 heterocycles. The molecule has 4 nitrogen and oxygen atoms in total. The fourth-order valence-corrected chi connectivity index (χ4v) is 3.66. The van der Waals surface area contributed by atoms with E-state index in [0.29, 0.717) is 12.0 Å². The minimum atomic E-state index is 0.385. The van der Waals surface area contributed by atoms with Crippen LogP contribution in [0.15, 0.2) is 42.6 Å². The van der Waals surface area contributed by atoms with Gasteiger partial charge in [-0.1, -0.05) is 63.4 Å². The number of hydrogen-bond donors (Lipinski definition) is 1. The fourth-order valence-electron chi connectivity index (χ4n) is 3.66. The van der Waals surface area contributed by atoms with Crippen molar-refractivity contribution in [2.75, 3.05) is 5.32 Å². The minimum Gasteiger partial charge on any atom is -0.367 e. The van der Waals surface area contributed by atoms with Crippen molar-refractivity contribution in [1.82, 2.24) is 14.6 Å². The summed E-state index contributed by atoms with van der Waals surface area (Å²) in [6.45, 7) is 4.39. The predicted octanol–water partition coefficient (Wildman–Crippen LogP) is 5.26. The Morgan fingerprint density at radius 1 is 1.08 bits per heavy atom. The Labute approximate surface area is 149 Å². The Hall–Kier alpha value is -2.36. The van der Waals surface area contributed by atoms with Gasteiger partial charge in [0.25, 0.3) is 0 Å². The molecule has 130 valence electrons. The standard InChI is InChI=1S/C21H26N4/c1-15(2)19-13-20(23-17-11-7-4-8-12-17)25-21(24-19)18(14-22-25)16-9-5-3-6-10-16/h3,5-6,9-10,13-15,17,23H,4,7-8,11-12H2,1-2H3. The second-order valence-electron chi connectivity index (χ2n) is 7.36. The van der Waals surface area contributed by atoms with Crippen LogP contribution in [0.25, 0.3) is 16.8 Å². The number of fused-ring (bicyclic) bond motifs is 1. The highest BCUT2D eigenvalue weighted by Gasteiger charge is 2.18. The van der Waals surface area contributed by atoms with Crippen molar-refractivity contribution in [2.24, 2.45) is 0 Å². The molecule has 1 fully saturated rings. The number of aromatic nitrogens is 3. The maximum atomic E-state index is 4.93. The molecule has 0 aliphatic heterocycles. The third-order valence-corrected chi connectivity index (χ3v) is 5.13. The summed E-state index contributed by atoms with van der Waals surface area (Å²) >= 11 is 0. The van der Waals surface area contributed by atoms with Crippen LogP contribution in [0.2, 0.25) is 0 Å². The summed E-state index contributed by atoms with van der Waals surface area (Å²) < 4.78 is 1.98. The SMILES string of the molecule is CC(C)c1cc(NC2CCCCC2)n2ncc(-c3ccccc3)c2n1.